The van der Waals surface area contributed by atoms with E-state index < -0.39 is 0 Å². The summed E-state index contributed by atoms with van der Waals surface area (Å²) >= 11 is 0. The Bertz CT molecular complexity index is 609. The van der Waals surface area contributed by atoms with Crippen LogP contribution in [-0.2, 0) is 16.0 Å². The van der Waals surface area contributed by atoms with Gasteiger partial charge in [0.05, 0.1) is 13.1 Å². The van der Waals surface area contributed by atoms with E-state index >= 15 is 0 Å². The molecular formula is C18H26N4O2. The lowest BCUT2D eigenvalue weighted by Crippen LogP contribution is -2.51. The van der Waals surface area contributed by atoms with Crippen LogP contribution in [0.1, 0.15) is 5.56 Å². The highest BCUT2D eigenvalue weighted by atomic mass is 16.2. The second-order valence-corrected chi connectivity index (χ2v) is 6.76. The molecule has 0 atom stereocenters. The lowest BCUT2D eigenvalue weighted by molar-refractivity contribution is -0.130. The molecule has 1 aromatic carbocycles. The summed E-state index contributed by atoms with van der Waals surface area (Å²) in [5.41, 5.74) is 2.33. The zero-order valence-electron chi connectivity index (χ0n) is 14.6. The van der Waals surface area contributed by atoms with Crippen molar-refractivity contribution in [1.82, 2.24) is 14.7 Å². The summed E-state index contributed by atoms with van der Waals surface area (Å²) in [5.74, 6) is 0.311. The molecule has 6 nitrogen and oxygen atoms in total. The summed E-state index contributed by atoms with van der Waals surface area (Å²) < 4.78 is 0. The summed E-state index contributed by atoms with van der Waals surface area (Å²) in [6.45, 7) is 5.06. The van der Waals surface area contributed by atoms with Crippen LogP contribution >= 0.6 is 0 Å². The average Bonchev–Trinajstić information content (AvgIpc) is 3.00. The number of para-hydroxylation sites is 1. The Morgan fingerprint density at radius 3 is 2.25 bits per heavy atom. The van der Waals surface area contributed by atoms with Crippen molar-refractivity contribution < 1.29 is 9.59 Å². The van der Waals surface area contributed by atoms with Crippen LogP contribution < -0.4 is 4.90 Å². The van der Waals surface area contributed by atoms with Gasteiger partial charge in [0.15, 0.2) is 0 Å². The average molecular weight is 330 g/mol. The summed E-state index contributed by atoms with van der Waals surface area (Å²) in [6.07, 6.45) is 0.947. The van der Waals surface area contributed by atoms with Crippen molar-refractivity contribution in [1.29, 1.82) is 0 Å². The first-order valence-corrected chi connectivity index (χ1v) is 8.58. The number of hydrogen-bond acceptors (Lipinski definition) is 4. The van der Waals surface area contributed by atoms with Crippen LogP contribution in [0.25, 0.3) is 0 Å². The van der Waals surface area contributed by atoms with E-state index in [4.69, 9.17) is 0 Å². The molecule has 0 N–H and O–H groups in total. The molecule has 2 amide bonds. The van der Waals surface area contributed by atoms with Crippen LogP contribution in [0.2, 0.25) is 0 Å². The van der Waals surface area contributed by atoms with Crippen molar-refractivity contribution >= 4 is 17.5 Å². The first-order chi connectivity index (χ1) is 11.5. The molecule has 0 spiro atoms. The van der Waals surface area contributed by atoms with Gasteiger partial charge in [-0.25, -0.2) is 0 Å². The number of carbonyl (C=O) groups is 2. The molecule has 1 saturated heterocycles. The number of fused-ring (bicyclic) bond motifs is 1. The van der Waals surface area contributed by atoms with E-state index in [1.807, 2.05) is 23.1 Å². The molecule has 0 aliphatic carbocycles. The number of anilines is 1. The molecule has 24 heavy (non-hydrogen) atoms. The van der Waals surface area contributed by atoms with Gasteiger partial charge in [-0.1, -0.05) is 18.2 Å². The van der Waals surface area contributed by atoms with Crippen molar-refractivity contribution in [2.45, 2.75) is 6.42 Å². The van der Waals surface area contributed by atoms with Gasteiger partial charge in [-0.3, -0.25) is 19.4 Å². The third kappa shape index (κ3) is 3.76. The van der Waals surface area contributed by atoms with Crippen LogP contribution in [0.4, 0.5) is 5.69 Å². The highest BCUT2D eigenvalue weighted by Crippen LogP contribution is 2.27. The quantitative estimate of drug-likeness (QED) is 0.796. The Morgan fingerprint density at radius 2 is 1.58 bits per heavy atom. The largest absolute Gasteiger partial charge is 0.348 e. The van der Waals surface area contributed by atoms with E-state index in [1.54, 1.807) is 19.0 Å². The highest BCUT2D eigenvalue weighted by molar-refractivity contribution is 5.96. The van der Waals surface area contributed by atoms with Gasteiger partial charge in [0.1, 0.15) is 0 Å². The maximum Gasteiger partial charge on any atom is 0.241 e. The number of likely N-dealkylation sites (N-methyl/N-ethyl adjacent to an activating group) is 1. The fourth-order valence-corrected chi connectivity index (χ4v) is 3.31. The van der Waals surface area contributed by atoms with Crippen LogP contribution in [0.15, 0.2) is 24.3 Å². The first kappa shape index (κ1) is 16.9. The molecule has 2 aliphatic heterocycles. The number of piperazine rings is 1. The number of rotatable bonds is 4. The Morgan fingerprint density at radius 1 is 0.958 bits per heavy atom. The number of benzene rings is 1. The molecule has 130 valence electrons. The summed E-state index contributed by atoms with van der Waals surface area (Å²) in [6, 6.07) is 8.15. The molecule has 2 heterocycles. The molecule has 2 aliphatic rings. The molecular weight excluding hydrogens is 304 g/mol. The molecule has 0 aromatic heterocycles. The van der Waals surface area contributed by atoms with Gasteiger partial charge in [0.25, 0.3) is 0 Å². The van der Waals surface area contributed by atoms with Gasteiger partial charge in [0, 0.05) is 52.5 Å². The zero-order chi connectivity index (χ0) is 17.1. The van der Waals surface area contributed by atoms with E-state index in [2.05, 4.69) is 15.9 Å². The van der Waals surface area contributed by atoms with Gasteiger partial charge in [-0.2, -0.15) is 0 Å². The number of carbonyl (C=O) groups excluding carboxylic acids is 2. The van der Waals surface area contributed by atoms with Crippen LogP contribution in [0, 0.1) is 0 Å². The van der Waals surface area contributed by atoms with Crippen molar-refractivity contribution in [3.8, 4) is 0 Å². The minimum atomic E-state index is 0.133. The molecule has 0 unspecified atom stereocenters. The molecule has 3 rings (SSSR count). The first-order valence-electron chi connectivity index (χ1n) is 8.58. The van der Waals surface area contributed by atoms with Gasteiger partial charge in [-0.05, 0) is 18.1 Å². The Balaban J connectivity index is 1.48. The van der Waals surface area contributed by atoms with E-state index in [0.717, 1.165) is 44.8 Å². The van der Waals surface area contributed by atoms with Crippen LogP contribution in [0.5, 0.6) is 0 Å². The fraction of sp³-hybridized carbons (Fsp3) is 0.556. The second-order valence-electron chi connectivity index (χ2n) is 6.76. The minimum absolute atomic E-state index is 0.133. The van der Waals surface area contributed by atoms with Gasteiger partial charge >= 0.3 is 0 Å². The summed E-state index contributed by atoms with van der Waals surface area (Å²) in [4.78, 5) is 32.3. The maximum absolute atomic E-state index is 12.6. The van der Waals surface area contributed by atoms with Gasteiger partial charge < -0.3 is 9.80 Å². The molecule has 0 bridgehead atoms. The summed E-state index contributed by atoms with van der Waals surface area (Å²) in [5, 5.41) is 0. The second kappa shape index (κ2) is 7.32. The third-order valence-corrected chi connectivity index (χ3v) is 4.87. The zero-order valence-corrected chi connectivity index (χ0v) is 14.6. The maximum atomic E-state index is 12.6. The normalized spacial score (nSPS) is 18.5. The van der Waals surface area contributed by atoms with E-state index in [-0.39, 0.29) is 11.8 Å². The number of nitrogens with zero attached hydrogens (tertiary/aromatic N) is 4. The SMILES string of the molecule is CN(C)C(=O)CN1CCN(CC(=O)N2CCc3ccccc32)CC1. The van der Waals surface area contributed by atoms with Crippen LogP contribution in [-0.4, -0.2) is 86.4 Å². The molecule has 0 radical (unpaired) electrons. The fourth-order valence-electron chi connectivity index (χ4n) is 3.31. The smallest absolute Gasteiger partial charge is 0.241 e. The Labute approximate surface area is 143 Å². The van der Waals surface area contributed by atoms with E-state index in [9.17, 15) is 9.59 Å². The highest BCUT2D eigenvalue weighted by Gasteiger charge is 2.27. The summed E-state index contributed by atoms with van der Waals surface area (Å²) in [7, 11) is 3.57. The van der Waals surface area contributed by atoms with Crippen molar-refractivity contribution in [2.75, 3.05) is 64.8 Å². The van der Waals surface area contributed by atoms with Crippen molar-refractivity contribution in [2.24, 2.45) is 0 Å². The Hall–Kier alpha value is -1.92. The van der Waals surface area contributed by atoms with Crippen molar-refractivity contribution in [3.63, 3.8) is 0 Å². The number of amides is 2. The molecule has 1 aromatic rings. The minimum Gasteiger partial charge on any atom is -0.348 e. The third-order valence-electron chi connectivity index (χ3n) is 4.87. The molecule has 1 fully saturated rings. The predicted molar refractivity (Wildman–Crippen MR) is 94.1 cm³/mol. The van der Waals surface area contributed by atoms with Gasteiger partial charge in [-0.15, -0.1) is 0 Å². The lowest BCUT2D eigenvalue weighted by atomic mass is 10.2. The standard InChI is InChI=1S/C18H26N4O2/c1-19(2)17(23)13-20-9-11-21(12-10-20)14-18(24)22-8-7-15-5-3-4-6-16(15)22/h3-6H,7-14H2,1-2H3. The topological polar surface area (TPSA) is 47.1 Å². The monoisotopic (exact) mass is 330 g/mol. The lowest BCUT2D eigenvalue weighted by Gasteiger charge is -2.35. The van der Waals surface area contributed by atoms with Gasteiger partial charge in [0.2, 0.25) is 11.8 Å². The predicted octanol–water partition coefficient (Wildman–Crippen LogP) is 0.282. The van der Waals surface area contributed by atoms with Crippen LogP contribution in [0.3, 0.4) is 0 Å². The molecule has 6 heteroatoms. The molecule has 0 saturated carbocycles. The van der Waals surface area contributed by atoms with E-state index in [0.29, 0.717) is 13.1 Å². The Kier molecular flexibility index (Phi) is 5.16. The van der Waals surface area contributed by atoms with Crippen molar-refractivity contribution in [3.05, 3.63) is 29.8 Å². The van der Waals surface area contributed by atoms with E-state index in [1.165, 1.54) is 5.56 Å². The number of hydrogen-bond donors (Lipinski definition) is 0.